The van der Waals surface area contributed by atoms with E-state index in [9.17, 15) is 9.59 Å². The van der Waals surface area contributed by atoms with Gasteiger partial charge in [0.15, 0.2) is 23.9 Å². The van der Waals surface area contributed by atoms with Crippen LogP contribution in [0, 0.1) is 6.92 Å². The fourth-order valence-corrected chi connectivity index (χ4v) is 1.77. The van der Waals surface area contributed by atoms with Gasteiger partial charge >= 0.3 is 5.97 Å². The quantitative estimate of drug-likeness (QED) is 0.781. The molecule has 2 aromatic rings. The number of pyridine rings is 1. The summed E-state index contributed by atoms with van der Waals surface area (Å²) < 4.78 is 7.40. The van der Waals surface area contributed by atoms with Crippen LogP contribution < -0.4 is 9.88 Å². The van der Waals surface area contributed by atoms with E-state index in [0.29, 0.717) is 12.3 Å². The Balaban J connectivity index is 1.93. The van der Waals surface area contributed by atoms with Crippen molar-refractivity contribution in [2.75, 3.05) is 6.54 Å². The molecule has 6 nitrogen and oxygen atoms in total. The molecule has 0 atom stereocenters. The molecule has 2 aromatic heterocycles. The van der Waals surface area contributed by atoms with Crippen molar-refractivity contribution in [2.24, 2.45) is 0 Å². The van der Waals surface area contributed by atoms with Crippen LogP contribution in [0.4, 0.5) is 0 Å². The fourth-order valence-electron chi connectivity index (χ4n) is 1.77. The number of nitrogens with one attached hydrogen (secondary N) is 1. The Hall–Kier alpha value is -2.63. The van der Waals surface area contributed by atoms with Crippen LogP contribution in [0.15, 0.2) is 41.1 Å². The zero-order valence-electron chi connectivity index (χ0n) is 11.7. The SMILES string of the molecule is Cc1cc[n+](Cc2ccc(C(=O)NCCC(=O)O)o2)cc1. The summed E-state index contributed by atoms with van der Waals surface area (Å²) in [4.78, 5) is 22.1. The minimum absolute atomic E-state index is 0.0803. The van der Waals surface area contributed by atoms with Crippen molar-refractivity contribution in [1.82, 2.24) is 5.32 Å². The molecule has 0 spiro atoms. The van der Waals surface area contributed by atoms with Gasteiger partial charge in [-0.05, 0) is 24.6 Å². The number of carboxylic acid groups (broad SMARTS) is 1. The Bertz CT molecular complexity index is 631. The molecule has 0 bridgehead atoms. The Morgan fingerprint density at radius 3 is 2.62 bits per heavy atom. The molecule has 0 saturated carbocycles. The maximum absolute atomic E-state index is 11.7. The highest BCUT2D eigenvalue weighted by atomic mass is 16.4. The molecule has 0 unspecified atom stereocenters. The normalized spacial score (nSPS) is 10.3. The molecule has 0 radical (unpaired) electrons. The lowest BCUT2D eigenvalue weighted by Gasteiger charge is -2.00. The third kappa shape index (κ3) is 4.45. The van der Waals surface area contributed by atoms with E-state index in [1.807, 2.05) is 36.0 Å². The zero-order valence-corrected chi connectivity index (χ0v) is 11.7. The predicted octanol–water partition coefficient (Wildman–Crippen LogP) is 1.13. The molecule has 2 N–H and O–H groups in total. The van der Waals surface area contributed by atoms with E-state index in [2.05, 4.69) is 5.32 Å². The van der Waals surface area contributed by atoms with E-state index in [0.717, 1.165) is 0 Å². The van der Waals surface area contributed by atoms with E-state index in [1.54, 1.807) is 12.1 Å². The molecule has 1 amide bonds. The van der Waals surface area contributed by atoms with Crippen molar-refractivity contribution in [3.8, 4) is 0 Å². The number of aromatic nitrogens is 1. The third-order valence-electron chi connectivity index (χ3n) is 2.91. The maximum atomic E-state index is 11.7. The van der Waals surface area contributed by atoms with Gasteiger partial charge in [0.25, 0.3) is 5.91 Å². The number of hydrogen-bond acceptors (Lipinski definition) is 3. The molecular formula is C15H17N2O4+. The summed E-state index contributed by atoms with van der Waals surface area (Å²) in [6.45, 7) is 2.62. The summed E-state index contributed by atoms with van der Waals surface area (Å²) in [5.41, 5.74) is 1.17. The zero-order chi connectivity index (χ0) is 15.2. The summed E-state index contributed by atoms with van der Waals surface area (Å²) in [5, 5.41) is 11.0. The second-order valence-electron chi connectivity index (χ2n) is 4.71. The minimum atomic E-state index is -0.953. The summed E-state index contributed by atoms with van der Waals surface area (Å²) in [6.07, 6.45) is 3.76. The monoisotopic (exact) mass is 289 g/mol. The molecule has 0 saturated heterocycles. The third-order valence-corrected chi connectivity index (χ3v) is 2.91. The van der Waals surface area contributed by atoms with E-state index in [4.69, 9.17) is 9.52 Å². The maximum Gasteiger partial charge on any atom is 0.305 e. The second kappa shape index (κ2) is 6.69. The van der Waals surface area contributed by atoms with Crippen LogP contribution in [0.25, 0.3) is 0 Å². The van der Waals surface area contributed by atoms with E-state index in [-0.39, 0.29) is 18.7 Å². The van der Waals surface area contributed by atoms with Gasteiger partial charge in [0.1, 0.15) is 0 Å². The first-order valence-corrected chi connectivity index (χ1v) is 6.59. The first-order valence-electron chi connectivity index (χ1n) is 6.59. The van der Waals surface area contributed by atoms with Crippen molar-refractivity contribution in [2.45, 2.75) is 19.9 Å². The number of aliphatic carboxylic acids is 1. The van der Waals surface area contributed by atoms with Crippen molar-refractivity contribution >= 4 is 11.9 Å². The van der Waals surface area contributed by atoms with Crippen LogP contribution in [0.1, 0.15) is 28.3 Å². The van der Waals surface area contributed by atoms with Gasteiger partial charge in [0.05, 0.1) is 6.42 Å². The highest BCUT2D eigenvalue weighted by Gasteiger charge is 2.13. The highest BCUT2D eigenvalue weighted by molar-refractivity contribution is 5.91. The first-order chi connectivity index (χ1) is 10.0. The molecule has 0 aromatic carbocycles. The highest BCUT2D eigenvalue weighted by Crippen LogP contribution is 2.07. The van der Waals surface area contributed by atoms with Crippen molar-refractivity contribution in [3.05, 3.63) is 53.7 Å². The summed E-state index contributed by atoms with van der Waals surface area (Å²) in [6, 6.07) is 7.30. The minimum Gasteiger partial charge on any atom is -0.481 e. The van der Waals surface area contributed by atoms with Crippen LogP contribution in [0.3, 0.4) is 0 Å². The van der Waals surface area contributed by atoms with Gasteiger partial charge in [-0.2, -0.15) is 4.57 Å². The first kappa shape index (κ1) is 14.8. The molecule has 110 valence electrons. The number of amides is 1. The number of nitrogens with zero attached hydrogens (tertiary/aromatic N) is 1. The summed E-state index contributed by atoms with van der Waals surface area (Å²) in [7, 11) is 0. The average Bonchev–Trinajstić information content (AvgIpc) is 2.89. The van der Waals surface area contributed by atoms with E-state index < -0.39 is 11.9 Å². The van der Waals surface area contributed by atoms with Gasteiger partial charge in [0, 0.05) is 18.7 Å². The second-order valence-corrected chi connectivity index (χ2v) is 4.71. The average molecular weight is 289 g/mol. The van der Waals surface area contributed by atoms with Gasteiger partial charge in [0.2, 0.25) is 6.54 Å². The number of furan rings is 1. The van der Waals surface area contributed by atoms with Crippen LogP contribution in [-0.4, -0.2) is 23.5 Å². The Labute approximate surface area is 122 Å². The topological polar surface area (TPSA) is 83.4 Å². The molecular weight excluding hydrogens is 272 g/mol. The number of aryl methyl sites for hydroxylation is 1. The molecule has 0 aliphatic carbocycles. The summed E-state index contributed by atoms with van der Waals surface area (Å²) >= 11 is 0. The van der Waals surface area contributed by atoms with Gasteiger partial charge in [-0.1, -0.05) is 0 Å². The number of carboxylic acids is 1. The number of hydrogen-bond donors (Lipinski definition) is 2. The fraction of sp³-hybridized carbons (Fsp3) is 0.267. The van der Waals surface area contributed by atoms with Crippen molar-refractivity contribution in [3.63, 3.8) is 0 Å². The van der Waals surface area contributed by atoms with Crippen LogP contribution in [0.2, 0.25) is 0 Å². The Morgan fingerprint density at radius 2 is 1.95 bits per heavy atom. The summed E-state index contributed by atoms with van der Waals surface area (Å²) in [5.74, 6) is -0.516. The van der Waals surface area contributed by atoms with E-state index in [1.165, 1.54) is 5.56 Å². The molecule has 6 heteroatoms. The molecule has 21 heavy (non-hydrogen) atoms. The lowest BCUT2D eigenvalue weighted by atomic mass is 10.3. The van der Waals surface area contributed by atoms with E-state index >= 15 is 0 Å². The molecule has 0 aliphatic rings. The number of rotatable bonds is 6. The van der Waals surface area contributed by atoms with Gasteiger partial charge in [-0.3, -0.25) is 9.59 Å². The number of carbonyl (C=O) groups excluding carboxylic acids is 1. The lowest BCUT2D eigenvalue weighted by molar-refractivity contribution is -0.690. The molecule has 0 fully saturated rings. The van der Waals surface area contributed by atoms with Crippen LogP contribution in [-0.2, 0) is 11.3 Å². The van der Waals surface area contributed by atoms with Gasteiger partial charge < -0.3 is 14.8 Å². The molecule has 2 heterocycles. The smallest absolute Gasteiger partial charge is 0.305 e. The Kier molecular flexibility index (Phi) is 4.71. The standard InChI is InChI=1S/C15H16N2O4/c1-11-5-8-17(9-6-11)10-12-2-3-13(21-12)15(20)16-7-4-14(18)19/h2-3,5-6,8-9H,4,7,10H2,1H3,(H-,16,18,19,20)/p+1. The van der Waals surface area contributed by atoms with Crippen LogP contribution in [0.5, 0.6) is 0 Å². The van der Waals surface area contributed by atoms with Crippen molar-refractivity contribution < 1.29 is 23.7 Å². The van der Waals surface area contributed by atoms with Crippen LogP contribution >= 0.6 is 0 Å². The molecule has 0 aliphatic heterocycles. The molecule has 2 rings (SSSR count). The van der Waals surface area contributed by atoms with Gasteiger partial charge in [-0.15, -0.1) is 0 Å². The Morgan fingerprint density at radius 1 is 1.24 bits per heavy atom. The number of carbonyl (C=O) groups is 2. The lowest BCUT2D eigenvalue weighted by Crippen LogP contribution is -2.32. The predicted molar refractivity (Wildman–Crippen MR) is 73.8 cm³/mol. The van der Waals surface area contributed by atoms with Crippen molar-refractivity contribution in [1.29, 1.82) is 0 Å². The van der Waals surface area contributed by atoms with Gasteiger partial charge in [-0.25, -0.2) is 0 Å². The largest absolute Gasteiger partial charge is 0.481 e.